The molecule has 0 bridgehead atoms. The van der Waals surface area contributed by atoms with Crippen LogP contribution in [0.3, 0.4) is 0 Å². The Labute approximate surface area is 145 Å². The number of ether oxygens (including phenoxy) is 2. The fourth-order valence-electron chi connectivity index (χ4n) is 2.72. The highest BCUT2D eigenvalue weighted by Gasteiger charge is 2.24. The number of hydrogen-bond donors (Lipinski definition) is 1. The van der Waals surface area contributed by atoms with Gasteiger partial charge in [0.05, 0.1) is 14.2 Å². The normalized spacial score (nSPS) is 15.9. The van der Waals surface area contributed by atoms with E-state index in [2.05, 4.69) is 22.9 Å². The van der Waals surface area contributed by atoms with Crippen LogP contribution in [-0.2, 0) is 0 Å². The van der Waals surface area contributed by atoms with Crippen molar-refractivity contribution in [2.75, 3.05) is 40.4 Å². The van der Waals surface area contributed by atoms with Crippen LogP contribution in [-0.4, -0.2) is 45.3 Å². The van der Waals surface area contributed by atoms with Gasteiger partial charge in [-0.25, -0.2) is 0 Å². The van der Waals surface area contributed by atoms with E-state index in [1.165, 1.54) is 5.56 Å². The van der Waals surface area contributed by atoms with Gasteiger partial charge in [0, 0.05) is 37.8 Å². The van der Waals surface area contributed by atoms with Gasteiger partial charge in [0.15, 0.2) is 0 Å². The lowest BCUT2D eigenvalue weighted by molar-refractivity contribution is 0.171. The minimum absolute atomic E-state index is 0. The smallest absolute Gasteiger partial charge is 0.123 e. The maximum absolute atomic E-state index is 5.53. The van der Waals surface area contributed by atoms with E-state index in [1.807, 2.05) is 18.2 Å². The summed E-state index contributed by atoms with van der Waals surface area (Å²) >= 11 is 0. The van der Waals surface area contributed by atoms with Crippen LogP contribution < -0.4 is 14.8 Å². The molecular weight excluding hydrogens is 323 g/mol. The Morgan fingerprint density at radius 3 is 2.45 bits per heavy atom. The van der Waals surface area contributed by atoms with E-state index >= 15 is 0 Å². The number of piperazine rings is 1. The minimum atomic E-state index is 0. The first-order valence-corrected chi connectivity index (χ1v) is 7.07. The standard InChI is InChI=1S/C16H24N2O2.2ClH/c1-4-5-15(18-10-8-17-9-11-18)14-12-13(19-2)6-7-16(14)20-3;;/h4,6-7,12,15,17H,1,5,8-11H2,2-3H3;2*1H/t15-;;/m1../s1. The molecule has 1 aliphatic heterocycles. The molecule has 1 aliphatic rings. The summed E-state index contributed by atoms with van der Waals surface area (Å²) in [6, 6.07) is 6.28. The highest BCUT2D eigenvalue weighted by atomic mass is 35.5. The second-order valence-corrected chi connectivity index (χ2v) is 4.93. The van der Waals surface area contributed by atoms with Gasteiger partial charge in [0.2, 0.25) is 0 Å². The Balaban J connectivity index is 0.00000220. The Kier molecular flexibility index (Phi) is 10.3. The Hall–Kier alpha value is -0.940. The molecule has 0 radical (unpaired) electrons. The Morgan fingerprint density at radius 1 is 1.23 bits per heavy atom. The van der Waals surface area contributed by atoms with Gasteiger partial charge in [-0.1, -0.05) is 6.08 Å². The summed E-state index contributed by atoms with van der Waals surface area (Å²) in [4.78, 5) is 2.48. The zero-order valence-electron chi connectivity index (χ0n) is 13.2. The number of nitrogens with zero attached hydrogens (tertiary/aromatic N) is 1. The van der Waals surface area contributed by atoms with E-state index in [9.17, 15) is 0 Å². The predicted molar refractivity (Wildman–Crippen MR) is 96.0 cm³/mol. The summed E-state index contributed by atoms with van der Waals surface area (Å²) in [7, 11) is 3.41. The number of rotatable bonds is 6. The summed E-state index contributed by atoms with van der Waals surface area (Å²) in [5.41, 5.74) is 1.17. The zero-order valence-corrected chi connectivity index (χ0v) is 14.8. The molecule has 1 aromatic rings. The van der Waals surface area contributed by atoms with Crippen LogP contribution in [0.15, 0.2) is 30.9 Å². The van der Waals surface area contributed by atoms with Crippen LogP contribution >= 0.6 is 24.8 Å². The molecule has 1 aromatic carbocycles. The fraction of sp³-hybridized carbons (Fsp3) is 0.500. The topological polar surface area (TPSA) is 33.7 Å². The van der Waals surface area contributed by atoms with Gasteiger partial charge >= 0.3 is 0 Å². The number of methoxy groups -OCH3 is 2. The fourth-order valence-corrected chi connectivity index (χ4v) is 2.72. The molecule has 0 aromatic heterocycles. The summed E-state index contributed by atoms with van der Waals surface area (Å²) < 4.78 is 10.9. The van der Waals surface area contributed by atoms with Gasteiger partial charge in [-0.05, 0) is 24.6 Å². The van der Waals surface area contributed by atoms with E-state index in [-0.39, 0.29) is 24.8 Å². The van der Waals surface area contributed by atoms with Crippen LogP contribution in [0.5, 0.6) is 11.5 Å². The first kappa shape index (κ1) is 21.1. The number of benzene rings is 1. The molecule has 1 saturated heterocycles. The quantitative estimate of drug-likeness (QED) is 0.801. The molecule has 6 heteroatoms. The number of nitrogens with one attached hydrogen (secondary N) is 1. The molecule has 0 spiro atoms. The van der Waals surface area contributed by atoms with Crippen LogP contribution in [0.2, 0.25) is 0 Å². The van der Waals surface area contributed by atoms with Crippen LogP contribution in [0.1, 0.15) is 18.0 Å². The molecule has 0 unspecified atom stereocenters. The molecule has 2 rings (SSSR count). The first-order valence-electron chi connectivity index (χ1n) is 7.07. The molecule has 126 valence electrons. The Morgan fingerprint density at radius 2 is 1.91 bits per heavy atom. The van der Waals surface area contributed by atoms with Crippen LogP contribution in [0, 0.1) is 0 Å². The maximum atomic E-state index is 5.53. The molecule has 1 fully saturated rings. The third-order valence-electron chi connectivity index (χ3n) is 3.78. The monoisotopic (exact) mass is 348 g/mol. The van der Waals surface area contributed by atoms with Crippen molar-refractivity contribution in [3.05, 3.63) is 36.4 Å². The molecule has 1 N–H and O–H groups in total. The molecule has 0 saturated carbocycles. The van der Waals surface area contributed by atoms with E-state index in [0.29, 0.717) is 6.04 Å². The third-order valence-corrected chi connectivity index (χ3v) is 3.78. The number of hydrogen-bond acceptors (Lipinski definition) is 4. The lowest BCUT2D eigenvalue weighted by Crippen LogP contribution is -2.45. The highest BCUT2D eigenvalue weighted by molar-refractivity contribution is 5.85. The summed E-state index contributed by atoms with van der Waals surface area (Å²) in [5.74, 6) is 1.78. The first-order chi connectivity index (χ1) is 9.80. The molecule has 1 heterocycles. The average molecular weight is 349 g/mol. The average Bonchev–Trinajstić information content (AvgIpc) is 2.53. The van der Waals surface area contributed by atoms with Gasteiger partial charge in [0.25, 0.3) is 0 Å². The largest absolute Gasteiger partial charge is 0.497 e. The van der Waals surface area contributed by atoms with Gasteiger partial charge in [-0.15, -0.1) is 31.4 Å². The van der Waals surface area contributed by atoms with Crippen molar-refractivity contribution < 1.29 is 9.47 Å². The van der Waals surface area contributed by atoms with Crippen LogP contribution in [0.4, 0.5) is 0 Å². The highest BCUT2D eigenvalue weighted by Crippen LogP contribution is 2.35. The predicted octanol–water partition coefficient (Wildman–Crippen LogP) is 3.07. The second-order valence-electron chi connectivity index (χ2n) is 4.93. The molecule has 0 amide bonds. The molecule has 0 aliphatic carbocycles. The molecule has 22 heavy (non-hydrogen) atoms. The lowest BCUT2D eigenvalue weighted by Gasteiger charge is -2.35. The van der Waals surface area contributed by atoms with Gasteiger partial charge in [0.1, 0.15) is 11.5 Å². The van der Waals surface area contributed by atoms with E-state index in [4.69, 9.17) is 9.47 Å². The van der Waals surface area contributed by atoms with E-state index < -0.39 is 0 Å². The molecule has 1 atom stereocenters. The zero-order chi connectivity index (χ0) is 14.4. The van der Waals surface area contributed by atoms with Crippen molar-refractivity contribution >= 4 is 24.8 Å². The van der Waals surface area contributed by atoms with E-state index in [1.54, 1.807) is 14.2 Å². The van der Waals surface area contributed by atoms with Crippen LogP contribution in [0.25, 0.3) is 0 Å². The van der Waals surface area contributed by atoms with Crippen molar-refractivity contribution in [2.24, 2.45) is 0 Å². The van der Waals surface area contributed by atoms with Gasteiger partial charge < -0.3 is 14.8 Å². The summed E-state index contributed by atoms with van der Waals surface area (Å²) in [5, 5.41) is 3.39. The molecular formula is C16H26Cl2N2O2. The number of halogens is 2. The SMILES string of the molecule is C=CC[C@H](c1cc(OC)ccc1OC)N1CCNCC1.Cl.Cl. The second kappa shape index (κ2) is 10.7. The van der Waals surface area contributed by atoms with Crippen molar-refractivity contribution in [1.29, 1.82) is 0 Å². The van der Waals surface area contributed by atoms with Gasteiger partial charge in [-0.2, -0.15) is 0 Å². The molecule has 4 nitrogen and oxygen atoms in total. The third kappa shape index (κ3) is 5.06. The Bertz CT molecular complexity index is 452. The van der Waals surface area contributed by atoms with Crippen molar-refractivity contribution in [2.45, 2.75) is 12.5 Å². The van der Waals surface area contributed by atoms with Gasteiger partial charge in [-0.3, -0.25) is 4.90 Å². The summed E-state index contributed by atoms with van der Waals surface area (Å²) in [6.07, 6.45) is 2.88. The lowest BCUT2D eigenvalue weighted by atomic mass is 9.99. The maximum Gasteiger partial charge on any atom is 0.123 e. The van der Waals surface area contributed by atoms with Crippen molar-refractivity contribution in [3.8, 4) is 11.5 Å². The summed E-state index contributed by atoms with van der Waals surface area (Å²) in [6.45, 7) is 8.04. The van der Waals surface area contributed by atoms with Crippen molar-refractivity contribution in [3.63, 3.8) is 0 Å². The van der Waals surface area contributed by atoms with E-state index in [0.717, 1.165) is 44.1 Å². The van der Waals surface area contributed by atoms with Crippen molar-refractivity contribution in [1.82, 2.24) is 10.2 Å². The minimum Gasteiger partial charge on any atom is -0.497 e.